The molecule has 1 unspecified atom stereocenters. The maximum absolute atomic E-state index is 12.0. The van der Waals surface area contributed by atoms with Gasteiger partial charge in [0.15, 0.2) is 0 Å². The molecule has 1 heterocycles. The fourth-order valence-corrected chi connectivity index (χ4v) is 2.74. The van der Waals surface area contributed by atoms with Gasteiger partial charge in [0.25, 0.3) is 0 Å². The Morgan fingerprint density at radius 3 is 2.96 bits per heavy atom. The molecule has 1 fully saturated rings. The van der Waals surface area contributed by atoms with Gasteiger partial charge in [-0.15, -0.1) is 0 Å². The number of fused-ring (bicyclic) bond motifs is 1. The lowest BCUT2D eigenvalue weighted by molar-refractivity contribution is 0.0519. The summed E-state index contributed by atoms with van der Waals surface area (Å²) in [4.78, 5) is 15.1. The summed E-state index contributed by atoms with van der Waals surface area (Å²) >= 11 is 0. The second-order valence-corrected chi connectivity index (χ2v) is 6.17. The first kappa shape index (κ1) is 16.8. The van der Waals surface area contributed by atoms with E-state index < -0.39 is 6.10 Å². The van der Waals surface area contributed by atoms with E-state index in [-0.39, 0.29) is 12.6 Å². The van der Waals surface area contributed by atoms with Gasteiger partial charge in [-0.05, 0) is 44.4 Å². The van der Waals surface area contributed by atoms with Gasteiger partial charge in [0.2, 0.25) is 0 Å². The lowest BCUT2D eigenvalue weighted by atomic mass is 10.1. The lowest BCUT2D eigenvalue weighted by Crippen LogP contribution is -2.32. The second kappa shape index (κ2) is 7.23. The van der Waals surface area contributed by atoms with Gasteiger partial charge >= 0.3 is 5.97 Å². The minimum Gasteiger partial charge on any atom is -0.490 e. The van der Waals surface area contributed by atoms with Gasteiger partial charge in [-0.2, -0.15) is 0 Å². The number of aliphatic hydroxyl groups excluding tert-OH is 1. The average molecular weight is 332 g/mol. The molecule has 0 spiro atoms. The zero-order chi connectivity index (χ0) is 17.1. The minimum absolute atomic E-state index is 0.207. The van der Waals surface area contributed by atoms with Crippen LogP contribution >= 0.6 is 0 Å². The van der Waals surface area contributed by atoms with E-state index in [1.165, 1.54) is 12.8 Å². The summed E-state index contributed by atoms with van der Waals surface area (Å²) in [5.74, 6) is 0.285. The Kier molecular flexibility index (Phi) is 5.06. The van der Waals surface area contributed by atoms with E-state index >= 15 is 0 Å². The molecule has 6 heteroatoms. The SMILES string of the molecule is CCOC(=O)c1[nH]c2cccc(OCC(O)CNC3CC3)c2c1C. The van der Waals surface area contributed by atoms with Crippen LogP contribution in [0.5, 0.6) is 5.75 Å². The summed E-state index contributed by atoms with van der Waals surface area (Å²) in [6, 6.07) is 6.15. The van der Waals surface area contributed by atoms with Gasteiger partial charge in [0.1, 0.15) is 24.2 Å². The van der Waals surface area contributed by atoms with Crippen molar-refractivity contribution in [2.75, 3.05) is 19.8 Å². The van der Waals surface area contributed by atoms with Crippen LogP contribution in [0.4, 0.5) is 0 Å². The van der Waals surface area contributed by atoms with Crippen LogP contribution in [-0.2, 0) is 4.74 Å². The number of H-pyrrole nitrogens is 1. The van der Waals surface area contributed by atoms with Gasteiger partial charge in [0, 0.05) is 18.0 Å². The number of carbonyl (C=O) groups excluding carboxylic acids is 1. The molecule has 6 nitrogen and oxygen atoms in total. The molecule has 130 valence electrons. The number of hydrogen-bond acceptors (Lipinski definition) is 5. The molecule has 1 aromatic carbocycles. The molecule has 3 N–H and O–H groups in total. The van der Waals surface area contributed by atoms with Crippen molar-refractivity contribution in [1.82, 2.24) is 10.3 Å². The third-order valence-electron chi connectivity index (χ3n) is 4.17. The van der Waals surface area contributed by atoms with Crippen LogP contribution in [0.25, 0.3) is 10.9 Å². The van der Waals surface area contributed by atoms with Gasteiger partial charge in [-0.1, -0.05) is 6.07 Å². The summed E-state index contributed by atoms with van der Waals surface area (Å²) in [5, 5.41) is 14.1. The molecule has 0 aliphatic heterocycles. The maximum atomic E-state index is 12.0. The van der Waals surface area contributed by atoms with Gasteiger partial charge < -0.3 is 24.9 Å². The van der Waals surface area contributed by atoms with Gasteiger partial charge in [-0.3, -0.25) is 0 Å². The Balaban J connectivity index is 1.73. The second-order valence-electron chi connectivity index (χ2n) is 6.17. The largest absolute Gasteiger partial charge is 0.490 e. The molecule has 1 aliphatic rings. The van der Waals surface area contributed by atoms with Crippen molar-refractivity contribution in [2.45, 2.75) is 38.8 Å². The predicted molar refractivity (Wildman–Crippen MR) is 91.5 cm³/mol. The van der Waals surface area contributed by atoms with Crippen LogP contribution in [-0.4, -0.2) is 48.0 Å². The number of carbonyl (C=O) groups is 1. The van der Waals surface area contributed by atoms with Gasteiger partial charge in [0.05, 0.1) is 12.1 Å². The van der Waals surface area contributed by atoms with Crippen molar-refractivity contribution in [3.63, 3.8) is 0 Å². The van der Waals surface area contributed by atoms with Crippen molar-refractivity contribution >= 4 is 16.9 Å². The molecule has 1 aliphatic carbocycles. The van der Waals surface area contributed by atoms with E-state index in [0.29, 0.717) is 30.6 Å². The number of aromatic amines is 1. The topological polar surface area (TPSA) is 83.6 Å². The number of ether oxygens (including phenoxy) is 2. The quantitative estimate of drug-likeness (QED) is 0.645. The van der Waals surface area contributed by atoms with Crippen molar-refractivity contribution in [3.05, 3.63) is 29.5 Å². The Hall–Kier alpha value is -2.05. The lowest BCUT2D eigenvalue weighted by Gasteiger charge is -2.14. The average Bonchev–Trinajstić information content (AvgIpc) is 3.34. The molecule has 3 rings (SSSR count). The number of esters is 1. The Morgan fingerprint density at radius 1 is 1.46 bits per heavy atom. The number of benzene rings is 1. The van der Waals surface area contributed by atoms with E-state index in [1.807, 2.05) is 25.1 Å². The number of aliphatic hydroxyl groups is 1. The summed E-state index contributed by atoms with van der Waals surface area (Å²) < 4.78 is 10.9. The minimum atomic E-state index is -0.565. The summed E-state index contributed by atoms with van der Waals surface area (Å²) in [7, 11) is 0. The van der Waals surface area contributed by atoms with E-state index in [1.54, 1.807) is 6.92 Å². The number of nitrogens with one attached hydrogen (secondary N) is 2. The molecule has 0 bridgehead atoms. The highest BCUT2D eigenvalue weighted by molar-refractivity contribution is 6.00. The standard InChI is InChI=1S/C18H24N2O4/c1-3-23-18(22)17-11(2)16-14(20-17)5-4-6-15(16)24-10-13(21)9-19-12-7-8-12/h4-6,12-13,19-21H,3,7-10H2,1-2H3. The molecule has 0 amide bonds. The van der Waals surface area contributed by atoms with Crippen LogP contribution in [0.15, 0.2) is 18.2 Å². The zero-order valence-electron chi connectivity index (χ0n) is 14.1. The monoisotopic (exact) mass is 332 g/mol. The van der Waals surface area contributed by atoms with Crippen LogP contribution in [0, 0.1) is 6.92 Å². The fraction of sp³-hybridized carbons (Fsp3) is 0.500. The molecule has 24 heavy (non-hydrogen) atoms. The van der Waals surface area contributed by atoms with Crippen LogP contribution in [0.3, 0.4) is 0 Å². The summed E-state index contributed by atoms with van der Waals surface area (Å²) in [5.41, 5.74) is 2.06. The van der Waals surface area contributed by atoms with E-state index in [0.717, 1.165) is 16.5 Å². The number of aromatic nitrogens is 1. The number of hydrogen-bond donors (Lipinski definition) is 3. The van der Waals surface area contributed by atoms with E-state index in [9.17, 15) is 9.90 Å². The Labute approximate surface area is 141 Å². The summed E-state index contributed by atoms with van der Waals surface area (Å²) in [6.07, 6.45) is 1.81. The van der Waals surface area contributed by atoms with Crippen molar-refractivity contribution in [1.29, 1.82) is 0 Å². The molecule has 0 radical (unpaired) electrons. The molecule has 1 saturated carbocycles. The first-order valence-corrected chi connectivity index (χ1v) is 8.42. The molecule has 1 aromatic heterocycles. The molecular weight excluding hydrogens is 308 g/mol. The first-order chi connectivity index (χ1) is 11.6. The van der Waals surface area contributed by atoms with Crippen LogP contribution in [0.2, 0.25) is 0 Å². The van der Waals surface area contributed by atoms with E-state index in [4.69, 9.17) is 9.47 Å². The van der Waals surface area contributed by atoms with Crippen LogP contribution < -0.4 is 10.1 Å². The Morgan fingerprint density at radius 2 is 2.25 bits per heavy atom. The molecule has 2 aromatic rings. The van der Waals surface area contributed by atoms with Gasteiger partial charge in [-0.25, -0.2) is 4.79 Å². The van der Waals surface area contributed by atoms with Crippen LogP contribution in [0.1, 0.15) is 35.8 Å². The highest BCUT2D eigenvalue weighted by Gasteiger charge is 2.22. The third kappa shape index (κ3) is 3.71. The number of aryl methyl sites for hydroxylation is 1. The number of rotatable bonds is 8. The van der Waals surface area contributed by atoms with Crippen molar-refractivity contribution in [3.8, 4) is 5.75 Å². The predicted octanol–water partition coefficient (Wildman–Crippen LogP) is 2.14. The highest BCUT2D eigenvalue weighted by atomic mass is 16.5. The fourth-order valence-electron chi connectivity index (χ4n) is 2.74. The highest BCUT2D eigenvalue weighted by Crippen LogP contribution is 2.31. The first-order valence-electron chi connectivity index (χ1n) is 8.42. The smallest absolute Gasteiger partial charge is 0.355 e. The maximum Gasteiger partial charge on any atom is 0.355 e. The van der Waals surface area contributed by atoms with Crippen molar-refractivity contribution < 1.29 is 19.4 Å². The zero-order valence-corrected chi connectivity index (χ0v) is 14.1. The third-order valence-corrected chi connectivity index (χ3v) is 4.17. The normalized spacial score (nSPS) is 15.5. The van der Waals surface area contributed by atoms with Crippen molar-refractivity contribution in [2.24, 2.45) is 0 Å². The molecular formula is C18H24N2O4. The summed E-state index contributed by atoms with van der Waals surface area (Å²) in [6.45, 7) is 4.71. The molecule has 1 atom stereocenters. The molecule has 0 saturated heterocycles. The van der Waals surface area contributed by atoms with E-state index in [2.05, 4.69) is 10.3 Å². The Bertz CT molecular complexity index is 721.